The second kappa shape index (κ2) is 6.92. The lowest BCUT2D eigenvalue weighted by molar-refractivity contribution is 0.0847. The average molecular weight is 350 g/mol. The first kappa shape index (κ1) is 17.5. The highest BCUT2D eigenvalue weighted by Gasteiger charge is 2.12. The molecule has 1 aromatic heterocycles. The van der Waals surface area contributed by atoms with E-state index in [1.807, 2.05) is 51.0 Å². The van der Waals surface area contributed by atoms with Crippen LogP contribution < -0.4 is 15.8 Å². The summed E-state index contributed by atoms with van der Waals surface area (Å²) < 4.78 is 0. The number of aryl methyl sites for hydroxylation is 2. The fourth-order valence-corrected chi connectivity index (χ4v) is 2.79. The third-order valence-corrected chi connectivity index (χ3v) is 4.48. The Morgan fingerprint density at radius 1 is 0.923 bits per heavy atom. The van der Waals surface area contributed by atoms with Gasteiger partial charge in [-0.1, -0.05) is 6.07 Å². The van der Waals surface area contributed by atoms with E-state index in [4.69, 9.17) is 0 Å². The molecule has 3 aromatic rings. The third kappa shape index (κ3) is 3.39. The number of anilines is 1. The Labute approximate surface area is 152 Å². The molecule has 0 aliphatic carbocycles. The molecule has 0 saturated carbocycles. The molecule has 1 heterocycles. The molecule has 0 bridgehead atoms. The molecular formula is C20H22N4O2. The van der Waals surface area contributed by atoms with Crippen LogP contribution in [0.4, 0.5) is 5.69 Å². The number of nitrogens with one attached hydrogen (secondary N) is 3. The van der Waals surface area contributed by atoms with Gasteiger partial charge < -0.3 is 9.88 Å². The van der Waals surface area contributed by atoms with Gasteiger partial charge >= 0.3 is 0 Å². The molecule has 0 aliphatic rings. The topological polar surface area (TPSA) is 77.2 Å². The Balaban J connectivity index is 1.71. The lowest BCUT2D eigenvalue weighted by atomic mass is 10.1. The van der Waals surface area contributed by atoms with E-state index in [-0.39, 0.29) is 11.8 Å². The summed E-state index contributed by atoms with van der Waals surface area (Å²) in [5.41, 5.74) is 9.99. The van der Waals surface area contributed by atoms with E-state index in [1.54, 1.807) is 24.3 Å². The number of benzene rings is 2. The minimum atomic E-state index is -0.364. The molecule has 0 atom stereocenters. The van der Waals surface area contributed by atoms with Gasteiger partial charge in [0, 0.05) is 47.5 Å². The molecule has 26 heavy (non-hydrogen) atoms. The van der Waals surface area contributed by atoms with Crippen LogP contribution in [0, 0.1) is 13.8 Å². The summed E-state index contributed by atoms with van der Waals surface area (Å²) in [6.45, 7) is 4.01. The zero-order chi connectivity index (χ0) is 18.8. The van der Waals surface area contributed by atoms with Gasteiger partial charge in [0.1, 0.15) is 0 Å². The van der Waals surface area contributed by atoms with Crippen LogP contribution in [0.25, 0.3) is 10.9 Å². The van der Waals surface area contributed by atoms with Crippen LogP contribution in [0.5, 0.6) is 0 Å². The highest BCUT2D eigenvalue weighted by atomic mass is 16.2. The van der Waals surface area contributed by atoms with E-state index in [1.165, 1.54) is 0 Å². The van der Waals surface area contributed by atoms with Gasteiger partial charge in [-0.25, -0.2) is 0 Å². The number of amides is 2. The molecule has 0 saturated heterocycles. The van der Waals surface area contributed by atoms with Gasteiger partial charge in [-0.2, -0.15) is 0 Å². The molecule has 0 aliphatic heterocycles. The van der Waals surface area contributed by atoms with Crippen molar-refractivity contribution in [1.82, 2.24) is 15.8 Å². The van der Waals surface area contributed by atoms with E-state index < -0.39 is 0 Å². The number of hydrogen-bond donors (Lipinski definition) is 3. The van der Waals surface area contributed by atoms with Crippen molar-refractivity contribution in [2.75, 3.05) is 19.0 Å². The minimum Gasteiger partial charge on any atom is -0.378 e. The van der Waals surface area contributed by atoms with Gasteiger partial charge in [-0.05, 0) is 55.8 Å². The Kier molecular flexibility index (Phi) is 4.67. The number of hydrogen-bond acceptors (Lipinski definition) is 3. The first-order valence-electron chi connectivity index (χ1n) is 8.34. The molecule has 0 spiro atoms. The smallest absolute Gasteiger partial charge is 0.269 e. The second-order valence-corrected chi connectivity index (χ2v) is 6.49. The van der Waals surface area contributed by atoms with Gasteiger partial charge in [0.2, 0.25) is 0 Å². The lowest BCUT2D eigenvalue weighted by Crippen LogP contribution is -2.41. The number of fused-ring (bicyclic) bond motifs is 1. The molecule has 134 valence electrons. The molecule has 0 fully saturated rings. The number of aromatic amines is 1. The fraction of sp³-hybridized carbons (Fsp3) is 0.200. The maximum atomic E-state index is 12.4. The molecule has 3 rings (SSSR count). The van der Waals surface area contributed by atoms with Crippen molar-refractivity contribution >= 4 is 28.4 Å². The number of rotatable bonds is 3. The Bertz CT molecular complexity index is 989. The zero-order valence-corrected chi connectivity index (χ0v) is 15.3. The molecule has 2 aromatic carbocycles. The maximum Gasteiger partial charge on any atom is 0.269 e. The van der Waals surface area contributed by atoms with Gasteiger partial charge in [0.15, 0.2) is 0 Å². The van der Waals surface area contributed by atoms with E-state index >= 15 is 0 Å². The number of hydrazine groups is 1. The van der Waals surface area contributed by atoms with Crippen molar-refractivity contribution in [3.63, 3.8) is 0 Å². The molecule has 3 N–H and O–H groups in total. The van der Waals surface area contributed by atoms with E-state index in [0.29, 0.717) is 11.1 Å². The maximum absolute atomic E-state index is 12.4. The SMILES string of the molecule is Cc1[nH]c2ccc(C(=O)NNC(=O)c3cccc(N(C)C)c3)cc2c1C. The molecule has 6 heteroatoms. The first-order valence-corrected chi connectivity index (χ1v) is 8.34. The van der Waals surface area contributed by atoms with E-state index in [9.17, 15) is 9.59 Å². The number of nitrogens with zero attached hydrogens (tertiary/aromatic N) is 1. The van der Waals surface area contributed by atoms with Gasteiger partial charge in [0.25, 0.3) is 11.8 Å². The van der Waals surface area contributed by atoms with Crippen molar-refractivity contribution in [1.29, 1.82) is 0 Å². The van der Waals surface area contributed by atoms with Crippen molar-refractivity contribution in [2.24, 2.45) is 0 Å². The Morgan fingerprint density at radius 3 is 2.23 bits per heavy atom. The zero-order valence-electron chi connectivity index (χ0n) is 15.3. The Morgan fingerprint density at radius 2 is 1.58 bits per heavy atom. The molecule has 0 unspecified atom stereocenters. The third-order valence-electron chi connectivity index (χ3n) is 4.48. The minimum absolute atomic E-state index is 0.359. The van der Waals surface area contributed by atoms with Gasteiger partial charge in [0.05, 0.1) is 0 Å². The summed E-state index contributed by atoms with van der Waals surface area (Å²) in [5.74, 6) is -0.723. The summed E-state index contributed by atoms with van der Waals surface area (Å²) in [6.07, 6.45) is 0. The molecule has 6 nitrogen and oxygen atoms in total. The molecule has 0 radical (unpaired) electrons. The monoisotopic (exact) mass is 350 g/mol. The largest absolute Gasteiger partial charge is 0.378 e. The van der Waals surface area contributed by atoms with Crippen LogP contribution in [-0.4, -0.2) is 30.9 Å². The van der Waals surface area contributed by atoms with Crippen LogP contribution in [0.1, 0.15) is 32.0 Å². The lowest BCUT2D eigenvalue weighted by Gasteiger charge is -2.13. The van der Waals surface area contributed by atoms with Crippen LogP contribution >= 0.6 is 0 Å². The van der Waals surface area contributed by atoms with Crippen molar-refractivity contribution < 1.29 is 9.59 Å². The van der Waals surface area contributed by atoms with Crippen LogP contribution in [0.2, 0.25) is 0 Å². The second-order valence-electron chi connectivity index (χ2n) is 6.49. The van der Waals surface area contributed by atoms with Crippen LogP contribution in [0.3, 0.4) is 0 Å². The highest BCUT2D eigenvalue weighted by molar-refractivity contribution is 6.01. The predicted octanol–water partition coefficient (Wildman–Crippen LogP) is 2.93. The Hall–Kier alpha value is -3.28. The summed E-state index contributed by atoms with van der Waals surface area (Å²) >= 11 is 0. The van der Waals surface area contributed by atoms with Crippen LogP contribution in [-0.2, 0) is 0 Å². The van der Waals surface area contributed by atoms with Gasteiger partial charge in [-0.3, -0.25) is 20.4 Å². The molecular weight excluding hydrogens is 328 g/mol. The van der Waals surface area contributed by atoms with E-state index in [2.05, 4.69) is 15.8 Å². The summed E-state index contributed by atoms with van der Waals surface area (Å²) in [6, 6.07) is 12.6. The number of carbonyl (C=O) groups is 2. The predicted molar refractivity (Wildman–Crippen MR) is 103 cm³/mol. The van der Waals surface area contributed by atoms with Crippen molar-refractivity contribution in [3.05, 3.63) is 64.8 Å². The fourth-order valence-electron chi connectivity index (χ4n) is 2.79. The highest BCUT2D eigenvalue weighted by Crippen LogP contribution is 2.22. The number of carbonyl (C=O) groups excluding carboxylic acids is 2. The summed E-state index contributed by atoms with van der Waals surface area (Å²) in [5, 5.41) is 1.00. The van der Waals surface area contributed by atoms with Crippen LogP contribution in [0.15, 0.2) is 42.5 Å². The normalized spacial score (nSPS) is 10.6. The standard InChI is InChI=1S/C20H22N4O2/c1-12-13(2)21-18-9-8-15(11-17(12)18)20(26)23-22-19(25)14-6-5-7-16(10-14)24(3)4/h5-11,21H,1-4H3,(H,22,25)(H,23,26). The summed E-state index contributed by atoms with van der Waals surface area (Å²) in [4.78, 5) is 29.8. The number of H-pyrrole nitrogens is 1. The number of aromatic nitrogens is 1. The van der Waals surface area contributed by atoms with Crippen molar-refractivity contribution in [2.45, 2.75) is 13.8 Å². The van der Waals surface area contributed by atoms with Crippen molar-refractivity contribution in [3.8, 4) is 0 Å². The van der Waals surface area contributed by atoms with Gasteiger partial charge in [-0.15, -0.1) is 0 Å². The van der Waals surface area contributed by atoms with E-state index in [0.717, 1.165) is 27.8 Å². The average Bonchev–Trinajstić information content (AvgIpc) is 2.93. The quantitative estimate of drug-likeness (QED) is 0.636. The first-order chi connectivity index (χ1) is 12.4. The summed E-state index contributed by atoms with van der Waals surface area (Å²) in [7, 11) is 3.80. The molecule has 2 amide bonds.